The zero-order valence-electron chi connectivity index (χ0n) is 35.6. The lowest BCUT2D eigenvalue weighted by Gasteiger charge is -2.24. The summed E-state index contributed by atoms with van der Waals surface area (Å²) in [6.45, 7) is 5.43. The molecule has 0 bridgehead atoms. The van der Waals surface area contributed by atoms with Gasteiger partial charge in [0.2, 0.25) is 0 Å². The molecule has 0 saturated heterocycles. The van der Waals surface area contributed by atoms with Crippen molar-refractivity contribution in [3.63, 3.8) is 0 Å². The van der Waals surface area contributed by atoms with Crippen LogP contribution in [0.15, 0.2) is 36.5 Å². The maximum atomic E-state index is 12.7. The molecule has 0 aromatic heterocycles. The van der Waals surface area contributed by atoms with Crippen molar-refractivity contribution in [2.45, 2.75) is 187 Å². The molecule has 0 saturated carbocycles. The molecule has 0 radical (unpaired) electrons. The third-order valence-corrected chi connectivity index (χ3v) is 10.3. The molecule has 0 aliphatic heterocycles. The lowest BCUT2D eigenvalue weighted by atomic mass is 10.1. The van der Waals surface area contributed by atoms with Crippen LogP contribution in [0.5, 0.6) is 0 Å². The number of nitrogens with zero attached hydrogens (tertiary/aromatic N) is 1. The zero-order chi connectivity index (χ0) is 40.0. The van der Waals surface area contributed by atoms with E-state index < -0.39 is 13.9 Å². The number of esters is 1. The van der Waals surface area contributed by atoms with Crippen molar-refractivity contribution in [1.82, 2.24) is 0 Å². The normalized spacial score (nSPS) is 14.7. The predicted octanol–water partition coefficient (Wildman–Crippen LogP) is 11.6. The smallest absolute Gasteiger partial charge is 0.457 e. The highest BCUT2D eigenvalue weighted by molar-refractivity contribution is 7.47. The third kappa shape index (κ3) is 40.3. The lowest BCUT2D eigenvalue weighted by Crippen LogP contribution is -2.37. The summed E-state index contributed by atoms with van der Waals surface area (Å²) in [6.07, 6.45) is 39.2. The molecule has 3 unspecified atom stereocenters. The number of phosphoric acid groups is 1. The minimum atomic E-state index is -4.29. The van der Waals surface area contributed by atoms with Gasteiger partial charge < -0.3 is 24.0 Å². The molecule has 0 rings (SSSR count). The molecule has 10 heteroatoms. The fourth-order valence-corrected chi connectivity index (χ4v) is 6.54. The molecular weight excluding hydrogens is 701 g/mol. The Morgan fingerprint density at radius 2 is 1.19 bits per heavy atom. The minimum absolute atomic E-state index is 0.0743. The summed E-state index contributed by atoms with van der Waals surface area (Å²) in [7, 11) is 1.62. The van der Waals surface area contributed by atoms with E-state index in [1.165, 1.54) is 77.0 Å². The lowest BCUT2D eigenvalue weighted by molar-refractivity contribution is -0.870. The second-order valence-electron chi connectivity index (χ2n) is 15.9. The summed E-state index contributed by atoms with van der Waals surface area (Å²) in [5, 5.41) is 9.94. The number of hydrogen-bond acceptors (Lipinski definition) is 7. The number of likely N-dealkylation sites (N-methyl/N-ethyl adjacent to an activating group) is 1. The number of phosphoric ester groups is 1. The van der Waals surface area contributed by atoms with Crippen LogP contribution in [0.3, 0.4) is 0 Å². The van der Waals surface area contributed by atoms with Crippen molar-refractivity contribution in [1.29, 1.82) is 0 Å². The molecule has 0 aliphatic rings. The van der Waals surface area contributed by atoms with Crippen molar-refractivity contribution >= 4 is 13.8 Å². The van der Waals surface area contributed by atoms with Crippen LogP contribution in [0.4, 0.5) is 0 Å². The summed E-state index contributed by atoms with van der Waals surface area (Å²) in [5.74, 6) is -0.352. The number of unbranched alkanes of at least 4 members (excludes halogenated alkanes) is 19. The van der Waals surface area contributed by atoms with Crippen molar-refractivity contribution < 1.29 is 42.4 Å². The Labute approximate surface area is 332 Å². The quantitative estimate of drug-likeness (QED) is 0.0158. The van der Waals surface area contributed by atoms with E-state index >= 15 is 0 Å². The second kappa shape index (κ2) is 37.3. The van der Waals surface area contributed by atoms with Crippen LogP contribution in [0.25, 0.3) is 0 Å². The standard InChI is InChI=1S/C44H84NO8P/c1-6-8-10-11-12-13-14-15-16-17-18-19-23-26-29-33-38-50-40-43(41-52-54(48,49)51-39-37-45(3,4)5)53-44(47)36-32-28-25-22-20-21-24-27-31-35-42(46)34-30-9-7-2/h15-16,24,27,31,35,42-43,46H,6-14,17-23,25-26,28-30,32-34,36-41H2,1-5H3/p+1/b16-15-,27-24-,35-31+. The molecule has 9 nitrogen and oxygen atoms in total. The summed E-state index contributed by atoms with van der Waals surface area (Å²) in [4.78, 5) is 22.9. The Bertz CT molecular complexity index is 980. The molecule has 2 N–H and O–H groups in total. The molecule has 0 fully saturated rings. The van der Waals surface area contributed by atoms with Gasteiger partial charge in [0.1, 0.15) is 19.3 Å². The Kier molecular flexibility index (Phi) is 36.4. The summed E-state index contributed by atoms with van der Waals surface area (Å²) < 4.78 is 34.9. The predicted molar refractivity (Wildman–Crippen MR) is 226 cm³/mol. The molecule has 0 amide bonds. The summed E-state index contributed by atoms with van der Waals surface area (Å²) >= 11 is 0. The Morgan fingerprint density at radius 1 is 0.648 bits per heavy atom. The monoisotopic (exact) mass is 787 g/mol. The number of allylic oxidation sites excluding steroid dienone is 5. The molecule has 0 aromatic carbocycles. The first-order valence-corrected chi connectivity index (χ1v) is 23.3. The molecule has 54 heavy (non-hydrogen) atoms. The van der Waals surface area contributed by atoms with Crippen LogP contribution in [0.2, 0.25) is 0 Å². The Hall–Kier alpha value is -1.32. The average molecular weight is 787 g/mol. The van der Waals surface area contributed by atoms with Crippen LogP contribution in [0, 0.1) is 0 Å². The number of hydrogen-bond donors (Lipinski definition) is 2. The highest BCUT2D eigenvalue weighted by Crippen LogP contribution is 2.43. The average Bonchev–Trinajstić information content (AvgIpc) is 3.11. The number of quaternary nitrogens is 1. The summed E-state index contributed by atoms with van der Waals surface area (Å²) in [6, 6.07) is 0. The SMILES string of the molecule is CCCCCCCC/C=C\CCCCCCCCOCC(COP(=O)(O)OCC[N+](C)(C)C)OC(=O)CCCCCCC/C=C\C=C\C(O)CCCCC. The third-order valence-electron chi connectivity index (χ3n) is 9.28. The van der Waals surface area contributed by atoms with Gasteiger partial charge in [-0.25, -0.2) is 4.57 Å². The number of ether oxygens (including phenoxy) is 2. The van der Waals surface area contributed by atoms with E-state index in [2.05, 4.69) is 32.1 Å². The largest absolute Gasteiger partial charge is 0.472 e. The minimum Gasteiger partial charge on any atom is -0.457 e. The number of carbonyl (C=O) groups excluding carboxylic acids is 1. The van der Waals surface area contributed by atoms with E-state index in [0.717, 1.165) is 77.0 Å². The number of aliphatic hydroxyl groups is 1. The van der Waals surface area contributed by atoms with Gasteiger partial charge >= 0.3 is 13.8 Å². The highest BCUT2D eigenvalue weighted by Gasteiger charge is 2.26. The first kappa shape index (κ1) is 52.7. The number of carbonyl (C=O) groups is 1. The van der Waals surface area contributed by atoms with E-state index in [-0.39, 0.29) is 38.3 Å². The van der Waals surface area contributed by atoms with Crippen molar-refractivity contribution in [3.05, 3.63) is 36.5 Å². The van der Waals surface area contributed by atoms with Crippen LogP contribution in [0.1, 0.15) is 174 Å². The van der Waals surface area contributed by atoms with Crippen LogP contribution in [-0.4, -0.2) is 86.8 Å². The van der Waals surface area contributed by atoms with Crippen molar-refractivity contribution in [3.8, 4) is 0 Å². The van der Waals surface area contributed by atoms with Gasteiger partial charge in [0.25, 0.3) is 0 Å². The van der Waals surface area contributed by atoms with E-state index in [1.54, 1.807) is 0 Å². The van der Waals surface area contributed by atoms with Gasteiger partial charge in [-0.15, -0.1) is 0 Å². The number of rotatable bonds is 40. The van der Waals surface area contributed by atoms with E-state index in [4.69, 9.17) is 18.5 Å². The zero-order valence-corrected chi connectivity index (χ0v) is 36.5. The van der Waals surface area contributed by atoms with Gasteiger partial charge in [0.05, 0.1) is 40.5 Å². The van der Waals surface area contributed by atoms with Crippen LogP contribution in [-0.2, 0) is 27.9 Å². The Balaban J connectivity index is 4.32. The van der Waals surface area contributed by atoms with E-state index in [9.17, 15) is 19.4 Å². The Morgan fingerprint density at radius 3 is 1.80 bits per heavy atom. The van der Waals surface area contributed by atoms with Gasteiger partial charge in [-0.2, -0.15) is 0 Å². The molecule has 3 atom stereocenters. The van der Waals surface area contributed by atoms with Crippen molar-refractivity contribution in [2.75, 3.05) is 54.1 Å². The fourth-order valence-electron chi connectivity index (χ4n) is 5.80. The first-order valence-electron chi connectivity index (χ1n) is 21.8. The van der Waals surface area contributed by atoms with Gasteiger partial charge in [0, 0.05) is 13.0 Å². The first-order chi connectivity index (χ1) is 26.0. The second-order valence-corrected chi connectivity index (χ2v) is 17.4. The molecular formula is C44H85NO8P+. The molecule has 0 aliphatic carbocycles. The maximum Gasteiger partial charge on any atom is 0.472 e. The van der Waals surface area contributed by atoms with Gasteiger partial charge in [-0.3, -0.25) is 13.8 Å². The summed E-state index contributed by atoms with van der Waals surface area (Å²) in [5.41, 5.74) is 0. The van der Waals surface area contributed by atoms with Gasteiger partial charge in [-0.05, 0) is 57.8 Å². The van der Waals surface area contributed by atoms with E-state index in [0.29, 0.717) is 17.6 Å². The topological polar surface area (TPSA) is 112 Å². The van der Waals surface area contributed by atoms with Gasteiger partial charge in [0.15, 0.2) is 0 Å². The molecule has 0 heterocycles. The van der Waals surface area contributed by atoms with E-state index in [1.807, 2.05) is 39.4 Å². The van der Waals surface area contributed by atoms with Crippen LogP contribution < -0.4 is 0 Å². The highest BCUT2D eigenvalue weighted by atomic mass is 31.2. The fraction of sp³-hybridized carbons (Fsp3) is 0.841. The van der Waals surface area contributed by atoms with Gasteiger partial charge in [-0.1, -0.05) is 147 Å². The molecule has 318 valence electrons. The molecule has 0 aromatic rings. The van der Waals surface area contributed by atoms with Crippen molar-refractivity contribution in [2.24, 2.45) is 0 Å². The maximum absolute atomic E-state index is 12.7. The van der Waals surface area contributed by atoms with Crippen LogP contribution >= 0.6 is 7.82 Å². The number of aliphatic hydroxyl groups excluding tert-OH is 1. The molecule has 0 spiro atoms.